The maximum absolute atomic E-state index is 12.2. The van der Waals surface area contributed by atoms with Gasteiger partial charge in [0.1, 0.15) is 0 Å². The van der Waals surface area contributed by atoms with Gasteiger partial charge in [-0.3, -0.25) is 4.79 Å². The molecule has 0 aliphatic heterocycles. The number of ether oxygens (including phenoxy) is 1. The van der Waals surface area contributed by atoms with Crippen molar-refractivity contribution in [3.63, 3.8) is 0 Å². The van der Waals surface area contributed by atoms with Crippen LogP contribution in [0.1, 0.15) is 34.2 Å². The summed E-state index contributed by atoms with van der Waals surface area (Å²) in [6, 6.07) is 12.0. The topological polar surface area (TPSA) is 60.3 Å². The summed E-state index contributed by atoms with van der Waals surface area (Å²) in [7, 11) is 0. The van der Waals surface area contributed by atoms with E-state index in [2.05, 4.69) is 17.4 Å². The monoisotopic (exact) mass is 374 g/mol. The molecule has 26 heavy (non-hydrogen) atoms. The smallest absolute Gasteiger partial charge is 0.340 e. The van der Waals surface area contributed by atoms with Crippen molar-refractivity contribution in [2.75, 3.05) is 18.9 Å². The Balaban J connectivity index is 1.66. The molecule has 1 amide bonds. The van der Waals surface area contributed by atoms with Gasteiger partial charge in [0.15, 0.2) is 6.61 Å². The molecule has 2 rings (SSSR count). The number of benzene rings is 1. The van der Waals surface area contributed by atoms with Crippen LogP contribution in [0.25, 0.3) is 0 Å². The summed E-state index contributed by atoms with van der Waals surface area (Å²) in [6.45, 7) is 6.96. The summed E-state index contributed by atoms with van der Waals surface area (Å²) >= 11 is 1.75. The second-order valence-corrected chi connectivity index (χ2v) is 7.10. The number of carbonyl (C=O) groups excluding carboxylic acids is 2. The first kappa shape index (κ1) is 20.1. The maximum atomic E-state index is 12.2. The van der Waals surface area contributed by atoms with Crippen LogP contribution in [-0.4, -0.2) is 35.3 Å². The Morgan fingerprint density at radius 3 is 2.58 bits per heavy atom. The van der Waals surface area contributed by atoms with Gasteiger partial charge in [0, 0.05) is 36.0 Å². The van der Waals surface area contributed by atoms with E-state index in [9.17, 15) is 9.59 Å². The van der Waals surface area contributed by atoms with Crippen LogP contribution in [0, 0.1) is 13.8 Å². The largest absolute Gasteiger partial charge is 0.452 e. The number of nitrogens with zero attached hydrogens (tertiary/aromatic N) is 1. The lowest BCUT2D eigenvalue weighted by Crippen LogP contribution is -2.30. The van der Waals surface area contributed by atoms with Crippen LogP contribution < -0.4 is 5.32 Å². The van der Waals surface area contributed by atoms with Crippen LogP contribution in [0.2, 0.25) is 0 Å². The van der Waals surface area contributed by atoms with Gasteiger partial charge in [-0.25, -0.2) is 4.79 Å². The van der Waals surface area contributed by atoms with Gasteiger partial charge < -0.3 is 14.6 Å². The van der Waals surface area contributed by atoms with Crippen molar-refractivity contribution in [1.29, 1.82) is 0 Å². The molecule has 5 nitrogen and oxygen atoms in total. The van der Waals surface area contributed by atoms with Crippen molar-refractivity contribution in [3.05, 3.63) is 58.9 Å². The Bertz CT molecular complexity index is 741. The summed E-state index contributed by atoms with van der Waals surface area (Å²) in [4.78, 5) is 24.0. The predicted molar refractivity (Wildman–Crippen MR) is 105 cm³/mol. The molecule has 1 heterocycles. The van der Waals surface area contributed by atoms with E-state index < -0.39 is 5.97 Å². The summed E-state index contributed by atoms with van der Waals surface area (Å²) in [5.74, 6) is 1.000. The third-order valence-electron chi connectivity index (χ3n) is 4.12. The summed E-state index contributed by atoms with van der Waals surface area (Å²) in [5.41, 5.74) is 3.67. The average Bonchev–Trinajstić information content (AvgIpc) is 2.94. The zero-order valence-corrected chi connectivity index (χ0v) is 16.4. The minimum Gasteiger partial charge on any atom is -0.452 e. The highest BCUT2D eigenvalue weighted by Crippen LogP contribution is 2.16. The number of rotatable bonds is 9. The Labute approximate surface area is 159 Å². The zero-order chi connectivity index (χ0) is 18.9. The van der Waals surface area contributed by atoms with E-state index in [1.54, 1.807) is 17.8 Å². The van der Waals surface area contributed by atoms with Gasteiger partial charge in [-0.15, -0.1) is 0 Å². The summed E-state index contributed by atoms with van der Waals surface area (Å²) in [6.07, 6.45) is 0. The first-order chi connectivity index (χ1) is 12.5. The molecule has 0 fully saturated rings. The molecule has 6 heteroatoms. The first-order valence-electron chi connectivity index (χ1n) is 8.75. The molecule has 0 radical (unpaired) electrons. The molecule has 0 aliphatic carbocycles. The van der Waals surface area contributed by atoms with Gasteiger partial charge in [-0.2, -0.15) is 11.8 Å². The lowest BCUT2D eigenvalue weighted by molar-refractivity contribution is -0.124. The zero-order valence-electron chi connectivity index (χ0n) is 15.6. The van der Waals surface area contributed by atoms with Crippen molar-refractivity contribution in [2.24, 2.45) is 0 Å². The molecule has 1 N–H and O–H groups in total. The fraction of sp³-hybridized carbons (Fsp3) is 0.400. The number of aromatic nitrogens is 1. The molecule has 2 aromatic rings. The molecule has 0 atom stereocenters. The standard InChI is InChI=1S/C20H26N2O3S/c1-4-22-15(2)12-18(16(22)3)20(24)25-13-19(23)21-10-11-26-14-17-8-6-5-7-9-17/h5-9,12H,4,10-11,13-14H2,1-3H3,(H,21,23). The highest BCUT2D eigenvalue weighted by Gasteiger charge is 2.17. The Morgan fingerprint density at radius 1 is 1.19 bits per heavy atom. The number of hydrogen-bond acceptors (Lipinski definition) is 4. The van der Waals surface area contributed by atoms with Crippen LogP contribution in [-0.2, 0) is 21.8 Å². The maximum Gasteiger partial charge on any atom is 0.340 e. The van der Waals surface area contributed by atoms with Crippen molar-refractivity contribution in [3.8, 4) is 0 Å². The number of aryl methyl sites for hydroxylation is 1. The van der Waals surface area contributed by atoms with E-state index in [4.69, 9.17) is 4.74 Å². The number of thioether (sulfide) groups is 1. The van der Waals surface area contributed by atoms with Crippen molar-refractivity contribution in [2.45, 2.75) is 33.1 Å². The van der Waals surface area contributed by atoms with Crippen LogP contribution in [0.15, 0.2) is 36.4 Å². The number of nitrogens with one attached hydrogen (secondary N) is 1. The normalized spacial score (nSPS) is 10.6. The van der Waals surface area contributed by atoms with Gasteiger partial charge in [-0.05, 0) is 32.4 Å². The highest BCUT2D eigenvalue weighted by molar-refractivity contribution is 7.98. The fourth-order valence-corrected chi connectivity index (χ4v) is 3.60. The molecule has 0 saturated heterocycles. The third-order valence-corrected chi connectivity index (χ3v) is 5.15. The first-order valence-corrected chi connectivity index (χ1v) is 9.90. The predicted octanol–water partition coefficient (Wildman–Crippen LogP) is 3.33. The minimum absolute atomic E-state index is 0.252. The molecule has 140 valence electrons. The molecule has 0 aliphatic rings. The van der Waals surface area contributed by atoms with Crippen LogP contribution in [0.4, 0.5) is 0 Å². The highest BCUT2D eigenvalue weighted by atomic mass is 32.2. The van der Waals surface area contributed by atoms with Crippen molar-refractivity contribution in [1.82, 2.24) is 9.88 Å². The number of carbonyl (C=O) groups is 2. The van der Waals surface area contributed by atoms with E-state index in [0.717, 1.165) is 29.4 Å². The molecule has 0 saturated carbocycles. The number of amides is 1. The Morgan fingerprint density at radius 2 is 1.92 bits per heavy atom. The van der Waals surface area contributed by atoms with Gasteiger partial charge in [-0.1, -0.05) is 30.3 Å². The van der Waals surface area contributed by atoms with E-state index in [0.29, 0.717) is 12.1 Å². The fourth-order valence-electron chi connectivity index (χ4n) is 2.78. The number of hydrogen-bond donors (Lipinski definition) is 1. The van der Waals surface area contributed by atoms with E-state index in [-0.39, 0.29) is 12.5 Å². The van der Waals surface area contributed by atoms with Crippen molar-refractivity contribution < 1.29 is 14.3 Å². The van der Waals surface area contributed by atoms with E-state index >= 15 is 0 Å². The van der Waals surface area contributed by atoms with E-state index in [1.807, 2.05) is 43.5 Å². The molecular formula is C20H26N2O3S. The van der Waals surface area contributed by atoms with Gasteiger partial charge in [0.05, 0.1) is 5.56 Å². The number of esters is 1. The van der Waals surface area contributed by atoms with Gasteiger partial charge in [0.2, 0.25) is 0 Å². The third kappa shape index (κ3) is 5.66. The van der Waals surface area contributed by atoms with Crippen LogP contribution in [0.5, 0.6) is 0 Å². The molecular weight excluding hydrogens is 348 g/mol. The van der Waals surface area contributed by atoms with Gasteiger partial charge >= 0.3 is 5.97 Å². The summed E-state index contributed by atoms with van der Waals surface area (Å²) in [5, 5.41) is 2.78. The Kier molecular flexibility index (Phi) is 7.78. The molecule has 0 spiro atoms. The second-order valence-electron chi connectivity index (χ2n) is 5.99. The van der Waals surface area contributed by atoms with Crippen molar-refractivity contribution >= 4 is 23.6 Å². The minimum atomic E-state index is -0.452. The average molecular weight is 375 g/mol. The lowest BCUT2D eigenvalue weighted by atomic mass is 10.2. The van der Waals surface area contributed by atoms with Crippen LogP contribution in [0.3, 0.4) is 0 Å². The molecule has 1 aromatic heterocycles. The lowest BCUT2D eigenvalue weighted by Gasteiger charge is -2.08. The second kappa shape index (κ2) is 10.1. The van der Waals surface area contributed by atoms with Gasteiger partial charge in [0.25, 0.3) is 5.91 Å². The SMILES string of the molecule is CCn1c(C)cc(C(=O)OCC(=O)NCCSCc2ccccc2)c1C. The molecule has 1 aromatic carbocycles. The summed E-state index contributed by atoms with van der Waals surface area (Å²) < 4.78 is 7.18. The molecule has 0 bridgehead atoms. The Hall–Kier alpha value is -2.21. The van der Waals surface area contributed by atoms with Crippen LogP contribution >= 0.6 is 11.8 Å². The molecule has 0 unspecified atom stereocenters. The quantitative estimate of drug-likeness (QED) is 0.540. The van der Waals surface area contributed by atoms with E-state index in [1.165, 1.54) is 5.56 Å².